The number of aromatic nitrogens is 5. The summed E-state index contributed by atoms with van der Waals surface area (Å²) in [6.07, 6.45) is 8.29. The largest absolute Gasteiger partial charge is 0.384 e. The molecule has 0 radical (unpaired) electrons. The number of fused-ring (bicyclic) bond motifs is 1. The van der Waals surface area contributed by atoms with Gasteiger partial charge in [-0.05, 0) is 52.9 Å². The van der Waals surface area contributed by atoms with Gasteiger partial charge in [0.25, 0.3) is 0 Å². The predicted molar refractivity (Wildman–Crippen MR) is 131 cm³/mol. The second kappa shape index (κ2) is 9.90. The first-order valence-electron chi connectivity index (χ1n) is 10.6. The normalized spacial score (nSPS) is 12.3. The van der Waals surface area contributed by atoms with Crippen LogP contribution < -0.4 is 11.1 Å². The lowest BCUT2D eigenvalue weighted by atomic mass is 10.0. The Bertz CT molecular complexity index is 1280. The Morgan fingerprint density at radius 1 is 1.00 bits per heavy atom. The van der Waals surface area contributed by atoms with Crippen LogP contribution in [-0.4, -0.2) is 37.6 Å². The minimum absolute atomic E-state index is 0.310. The highest BCUT2D eigenvalue weighted by molar-refractivity contribution is 5.90. The minimum Gasteiger partial charge on any atom is -0.384 e. The first kappa shape index (κ1) is 21.9. The lowest BCUT2D eigenvalue weighted by molar-refractivity contribution is 0.843. The SMILES string of the molecule is CC(C)c1cnnc(Nc2ccc3ncc(C(C=N)C=NCc4ccc(N)nc4)cc3n2)c1. The number of pyridine rings is 3. The number of hydrogen-bond donors (Lipinski definition) is 3. The fourth-order valence-corrected chi connectivity index (χ4v) is 3.19. The maximum absolute atomic E-state index is 7.84. The van der Waals surface area contributed by atoms with E-state index >= 15 is 0 Å². The lowest BCUT2D eigenvalue weighted by Gasteiger charge is -2.10. The average molecular weight is 440 g/mol. The van der Waals surface area contributed by atoms with Gasteiger partial charge < -0.3 is 16.5 Å². The molecular formula is C24H25N9. The van der Waals surface area contributed by atoms with Gasteiger partial charge in [-0.3, -0.25) is 9.98 Å². The van der Waals surface area contributed by atoms with Gasteiger partial charge >= 0.3 is 0 Å². The summed E-state index contributed by atoms with van der Waals surface area (Å²) in [5.74, 6) is 1.80. The van der Waals surface area contributed by atoms with E-state index in [9.17, 15) is 0 Å². The molecule has 0 aromatic carbocycles. The summed E-state index contributed by atoms with van der Waals surface area (Å²) in [6, 6.07) is 11.3. The Labute approximate surface area is 191 Å². The van der Waals surface area contributed by atoms with Crippen LogP contribution in [0, 0.1) is 5.41 Å². The van der Waals surface area contributed by atoms with Crippen molar-refractivity contribution in [1.29, 1.82) is 5.41 Å². The van der Waals surface area contributed by atoms with Gasteiger partial charge in [0.05, 0.1) is 29.7 Å². The van der Waals surface area contributed by atoms with Crippen LogP contribution in [0.4, 0.5) is 17.5 Å². The molecule has 4 N–H and O–H groups in total. The summed E-state index contributed by atoms with van der Waals surface area (Å²) < 4.78 is 0. The Hall–Kier alpha value is -4.27. The lowest BCUT2D eigenvalue weighted by Crippen LogP contribution is -2.04. The van der Waals surface area contributed by atoms with Crippen LogP contribution in [-0.2, 0) is 6.54 Å². The summed E-state index contributed by atoms with van der Waals surface area (Å²) in [5, 5.41) is 19.3. The standard InChI is InChI=1S/C24H25N9/c1-15(2)17-8-24(33-30-14-17)32-23-6-4-20-21(31-23)7-18(13-28-20)19(9-25)12-27-10-16-3-5-22(26)29-11-16/h3-9,11-15,19,25H,10H2,1-2H3,(H2,26,29)(H,31,32,33). The molecule has 9 heteroatoms. The van der Waals surface area contributed by atoms with Gasteiger partial charge in [0, 0.05) is 24.8 Å². The molecule has 33 heavy (non-hydrogen) atoms. The Balaban J connectivity index is 1.53. The van der Waals surface area contributed by atoms with Crippen molar-refractivity contribution in [3.8, 4) is 0 Å². The second-order valence-corrected chi connectivity index (χ2v) is 7.93. The first-order chi connectivity index (χ1) is 16.0. The molecule has 4 heterocycles. The zero-order valence-corrected chi connectivity index (χ0v) is 18.5. The van der Waals surface area contributed by atoms with E-state index in [2.05, 4.69) is 49.3 Å². The van der Waals surface area contributed by atoms with Crippen LogP contribution in [0.1, 0.15) is 42.4 Å². The number of rotatable bonds is 8. The monoisotopic (exact) mass is 439 g/mol. The molecule has 0 fully saturated rings. The molecule has 0 aliphatic carbocycles. The summed E-state index contributed by atoms with van der Waals surface area (Å²) in [4.78, 5) is 17.7. The third kappa shape index (κ3) is 5.51. The fraction of sp³-hybridized carbons (Fsp3) is 0.208. The molecule has 0 spiro atoms. The molecule has 1 atom stereocenters. The molecule has 0 saturated heterocycles. The maximum Gasteiger partial charge on any atom is 0.154 e. The van der Waals surface area contributed by atoms with E-state index in [0.717, 1.165) is 22.2 Å². The zero-order valence-electron chi connectivity index (χ0n) is 18.5. The van der Waals surface area contributed by atoms with Crippen molar-refractivity contribution < 1.29 is 0 Å². The van der Waals surface area contributed by atoms with E-state index in [0.29, 0.717) is 35.4 Å². The molecule has 0 saturated carbocycles. The number of nitrogens with zero attached hydrogens (tertiary/aromatic N) is 6. The van der Waals surface area contributed by atoms with Crippen molar-refractivity contribution in [2.24, 2.45) is 4.99 Å². The van der Waals surface area contributed by atoms with Crippen LogP contribution in [0.2, 0.25) is 0 Å². The summed E-state index contributed by atoms with van der Waals surface area (Å²) in [6.45, 7) is 4.68. The van der Waals surface area contributed by atoms with Gasteiger partial charge in [-0.15, -0.1) is 5.10 Å². The molecule has 0 bridgehead atoms. The van der Waals surface area contributed by atoms with E-state index in [4.69, 9.17) is 11.1 Å². The first-order valence-corrected chi connectivity index (χ1v) is 10.6. The number of hydrogen-bond acceptors (Lipinski definition) is 9. The van der Waals surface area contributed by atoms with Gasteiger partial charge in [0.15, 0.2) is 5.82 Å². The van der Waals surface area contributed by atoms with Crippen molar-refractivity contribution in [2.45, 2.75) is 32.2 Å². The molecule has 166 valence electrons. The Morgan fingerprint density at radius 3 is 2.64 bits per heavy atom. The Morgan fingerprint density at radius 2 is 1.88 bits per heavy atom. The summed E-state index contributed by atoms with van der Waals surface area (Å²) >= 11 is 0. The third-order valence-electron chi connectivity index (χ3n) is 5.11. The molecular weight excluding hydrogens is 414 g/mol. The van der Waals surface area contributed by atoms with Crippen LogP contribution in [0.15, 0.2) is 60.0 Å². The average Bonchev–Trinajstić information content (AvgIpc) is 2.83. The van der Waals surface area contributed by atoms with Crippen LogP contribution in [0.5, 0.6) is 0 Å². The van der Waals surface area contributed by atoms with Crippen molar-refractivity contribution >= 4 is 40.9 Å². The zero-order chi connectivity index (χ0) is 23.2. The molecule has 0 aliphatic rings. The highest BCUT2D eigenvalue weighted by atomic mass is 15.2. The quantitative estimate of drug-likeness (QED) is 0.348. The number of nitrogens with one attached hydrogen (secondary N) is 2. The third-order valence-corrected chi connectivity index (χ3v) is 5.11. The minimum atomic E-state index is -0.310. The van der Waals surface area contributed by atoms with Crippen molar-refractivity contribution in [1.82, 2.24) is 25.1 Å². The van der Waals surface area contributed by atoms with E-state index in [1.807, 2.05) is 30.3 Å². The number of aliphatic imine (C=N–C) groups is 1. The van der Waals surface area contributed by atoms with E-state index in [1.165, 1.54) is 6.21 Å². The van der Waals surface area contributed by atoms with Crippen molar-refractivity contribution in [3.63, 3.8) is 0 Å². The second-order valence-electron chi connectivity index (χ2n) is 7.93. The summed E-state index contributed by atoms with van der Waals surface area (Å²) in [7, 11) is 0. The van der Waals surface area contributed by atoms with Gasteiger partial charge in [0.2, 0.25) is 0 Å². The van der Waals surface area contributed by atoms with Crippen molar-refractivity contribution in [3.05, 3.63) is 71.7 Å². The highest BCUT2D eigenvalue weighted by Gasteiger charge is 2.10. The molecule has 0 aliphatic heterocycles. The van der Waals surface area contributed by atoms with Crippen LogP contribution in [0.3, 0.4) is 0 Å². The van der Waals surface area contributed by atoms with Gasteiger partial charge in [-0.25, -0.2) is 9.97 Å². The number of nitrogens with two attached hydrogens (primary N) is 1. The number of nitrogen functional groups attached to an aromatic ring is 1. The molecule has 9 nitrogen and oxygen atoms in total. The van der Waals surface area contributed by atoms with Crippen LogP contribution >= 0.6 is 0 Å². The van der Waals surface area contributed by atoms with Gasteiger partial charge in [-0.2, -0.15) is 5.10 Å². The van der Waals surface area contributed by atoms with Crippen molar-refractivity contribution in [2.75, 3.05) is 11.1 Å². The van der Waals surface area contributed by atoms with Crippen LogP contribution in [0.25, 0.3) is 11.0 Å². The molecule has 1 unspecified atom stereocenters. The summed E-state index contributed by atoms with van der Waals surface area (Å²) in [5.41, 5.74) is 9.98. The fourth-order valence-electron chi connectivity index (χ4n) is 3.19. The molecule has 0 amide bonds. The van der Waals surface area contributed by atoms with E-state index in [-0.39, 0.29) is 5.92 Å². The molecule has 4 aromatic rings. The Kier molecular flexibility index (Phi) is 6.58. The van der Waals surface area contributed by atoms with E-state index < -0.39 is 0 Å². The van der Waals surface area contributed by atoms with Gasteiger partial charge in [-0.1, -0.05) is 19.9 Å². The molecule has 4 aromatic heterocycles. The highest BCUT2D eigenvalue weighted by Crippen LogP contribution is 2.22. The smallest absolute Gasteiger partial charge is 0.154 e. The predicted octanol–water partition coefficient (Wildman–Crippen LogP) is 4.27. The van der Waals surface area contributed by atoms with Gasteiger partial charge in [0.1, 0.15) is 11.6 Å². The topological polar surface area (TPSA) is 139 Å². The maximum atomic E-state index is 7.84. The molecule has 4 rings (SSSR count). The number of anilines is 3. The van der Waals surface area contributed by atoms with E-state index in [1.54, 1.807) is 30.9 Å².